The number of nitrogens with zero attached hydrogens (tertiary/aromatic N) is 3. The normalized spacial score (nSPS) is 12.0. The Bertz CT molecular complexity index is 845. The van der Waals surface area contributed by atoms with Crippen molar-refractivity contribution in [3.05, 3.63) is 48.3 Å². The summed E-state index contributed by atoms with van der Waals surface area (Å²) in [6.07, 6.45) is 3.40. The third kappa shape index (κ3) is 3.45. The van der Waals surface area contributed by atoms with Crippen molar-refractivity contribution in [3.8, 4) is 0 Å². The molecule has 2 amide bonds. The summed E-state index contributed by atoms with van der Waals surface area (Å²) in [5.41, 5.74) is 3.00. The van der Waals surface area contributed by atoms with E-state index in [4.69, 9.17) is 4.42 Å². The first-order valence-electron chi connectivity index (χ1n) is 7.58. The number of carbonyl (C=O) groups is 1. The Balaban J connectivity index is 1.69. The van der Waals surface area contributed by atoms with Crippen molar-refractivity contribution in [1.29, 1.82) is 0 Å². The third-order valence-electron chi connectivity index (χ3n) is 3.57. The molecule has 2 aromatic heterocycles. The summed E-state index contributed by atoms with van der Waals surface area (Å²) in [6.45, 7) is 1.91. The van der Waals surface area contributed by atoms with Crippen molar-refractivity contribution < 1.29 is 9.21 Å². The molecule has 0 aliphatic heterocycles. The van der Waals surface area contributed by atoms with Crippen LogP contribution in [0.3, 0.4) is 0 Å². The van der Waals surface area contributed by atoms with Gasteiger partial charge in [0.2, 0.25) is 0 Å². The van der Waals surface area contributed by atoms with Gasteiger partial charge < -0.3 is 20.0 Å². The van der Waals surface area contributed by atoms with Crippen LogP contribution in [0.4, 0.5) is 16.5 Å². The van der Waals surface area contributed by atoms with Crippen LogP contribution >= 0.6 is 0 Å². The first-order valence-corrected chi connectivity index (χ1v) is 7.58. The molecule has 2 heterocycles. The zero-order chi connectivity index (χ0) is 17.1. The van der Waals surface area contributed by atoms with Gasteiger partial charge in [-0.25, -0.2) is 4.79 Å². The Morgan fingerprint density at radius 1 is 1.21 bits per heavy atom. The van der Waals surface area contributed by atoms with E-state index in [1.54, 1.807) is 29.4 Å². The molecular formula is C17H19N5O2. The van der Waals surface area contributed by atoms with Crippen molar-refractivity contribution >= 4 is 28.8 Å². The number of anilines is 2. The van der Waals surface area contributed by atoms with Gasteiger partial charge in [-0.05, 0) is 36.8 Å². The lowest BCUT2D eigenvalue weighted by atomic mass is 10.1. The predicted molar refractivity (Wildman–Crippen MR) is 93.1 cm³/mol. The summed E-state index contributed by atoms with van der Waals surface area (Å²) in [7, 11) is 3.72. The SMILES string of the molecule is C[C@H](NC(=O)Nc1ccc2nc(N(C)C)oc2c1)c1ccncc1. The summed E-state index contributed by atoms with van der Waals surface area (Å²) in [5.74, 6) is 0. The van der Waals surface area contributed by atoms with Crippen LogP contribution in [0.25, 0.3) is 11.1 Å². The van der Waals surface area contributed by atoms with Gasteiger partial charge in [0.1, 0.15) is 5.52 Å². The number of hydrogen-bond donors (Lipinski definition) is 2. The number of benzene rings is 1. The second-order valence-electron chi connectivity index (χ2n) is 5.67. The maximum atomic E-state index is 12.2. The first-order chi connectivity index (χ1) is 11.5. The Morgan fingerprint density at radius 2 is 1.96 bits per heavy atom. The van der Waals surface area contributed by atoms with Gasteiger partial charge in [0.05, 0.1) is 6.04 Å². The summed E-state index contributed by atoms with van der Waals surface area (Å²) in [4.78, 5) is 22.3. The molecule has 124 valence electrons. The van der Waals surface area contributed by atoms with Crippen molar-refractivity contribution in [1.82, 2.24) is 15.3 Å². The molecule has 7 heteroatoms. The van der Waals surface area contributed by atoms with Gasteiger partial charge in [-0.1, -0.05) is 0 Å². The lowest BCUT2D eigenvalue weighted by Crippen LogP contribution is -2.31. The van der Waals surface area contributed by atoms with Gasteiger partial charge in [0.25, 0.3) is 6.01 Å². The Morgan fingerprint density at radius 3 is 2.67 bits per heavy atom. The van der Waals surface area contributed by atoms with E-state index < -0.39 is 0 Å². The average molecular weight is 325 g/mol. The maximum Gasteiger partial charge on any atom is 0.319 e. The fourth-order valence-corrected chi connectivity index (χ4v) is 2.28. The predicted octanol–water partition coefficient (Wildman–Crippen LogP) is 3.17. The molecule has 0 unspecified atom stereocenters. The van der Waals surface area contributed by atoms with Gasteiger partial charge in [0, 0.05) is 38.2 Å². The Hall–Kier alpha value is -3.09. The van der Waals surface area contributed by atoms with E-state index in [9.17, 15) is 4.79 Å². The molecule has 24 heavy (non-hydrogen) atoms. The highest BCUT2D eigenvalue weighted by molar-refractivity contribution is 5.91. The summed E-state index contributed by atoms with van der Waals surface area (Å²) in [6, 6.07) is 9.22. The largest absolute Gasteiger partial charge is 0.423 e. The van der Waals surface area contributed by atoms with E-state index in [0.717, 1.165) is 11.1 Å². The first kappa shape index (κ1) is 15.8. The molecule has 0 aliphatic carbocycles. The fraction of sp³-hybridized carbons (Fsp3) is 0.235. The van der Waals surface area contributed by atoms with Gasteiger partial charge in [0.15, 0.2) is 5.58 Å². The lowest BCUT2D eigenvalue weighted by Gasteiger charge is -2.14. The van der Waals surface area contributed by atoms with Gasteiger partial charge >= 0.3 is 6.03 Å². The zero-order valence-electron chi connectivity index (χ0n) is 13.8. The number of rotatable bonds is 4. The van der Waals surface area contributed by atoms with Crippen molar-refractivity contribution in [2.24, 2.45) is 0 Å². The number of nitrogens with one attached hydrogen (secondary N) is 2. The standard InChI is InChI=1S/C17H19N5O2/c1-11(12-6-8-18-9-7-12)19-16(23)20-13-4-5-14-15(10-13)24-17(21-14)22(2)3/h4-11H,1-3H3,(H2,19,20,23)/t11-/m0/s1. The van der Waals surface area contributed by atoms with Crippen LogP contribution in [0.15, 0.2) is 47.1 Å². The Kier molecular flexibility index (Phi) is 4.33. The third-order valence-corrected chi connectivity index (χ3v) is 3.57. The zero-order valence-corrected chi connectivity index (χ0v) is 13.8. The van der Waals surface area contributed by atoms with Gasteiger partial charge in [-0.2, -0.15) is 4.98 Å². The van der Waals surface area contributed by atoms with E-state index in [2.05, 4.69) is 20.6 Å². The lowest BCUT2D eigenvalue weighted by molar-refractivity contribution is 0.249. The molecule has 3 rings (SSSR count). The molecule has 7 nitrogen and oxygen atoms in total. The van der Waals surface area contributed by atoms with E-state index >= 15 is 0 Å². The second kappa shape index (κ2) is 6.57. The molecule has 0 aliphatic rings. The van der Waals surface area contributed by atoms with E-state index in [0.29, 0.717) is 17.3 Å². The van der Waals surface area contributed by atoms with E-state index in [-0.39, 0.29) is 12.1 Å². The van der Waals surface area contributed by atoms with E-state index in [1.807, 2.05) is 39.2 Å². The minimum Gasteiger partial charge on any atom is -0.423 e. The topological polar surface area (TPSA) is 83.3 Å². The van der Waals surface area contributed by atoms with Crippen molar-refractivity contribution in [2.75, 3.05) is 24.3 Å². The molecule has 0 fully saturated rings. The number of oxazole rings is 1. The smallest absolute Gasteiger partial charge is 0.319 e. The second-order valence-corrected chi connectivity index (χ2v) is 5.67. The molecule has 0 saturated heterocycles. The van der Waals surface area contributed by atoms with Crippen molar-refractivity contribution in [3.63, 3.8) is 0 Å². The quantitative estimate of drug-likeness (QED) is 0.770. The molecule has 1 aromatic carbocycles. The summed E-state index contributed by atoms with van der Waals surface area (Å²) >= 11 is 0. The number of carbonyl (C=O) groups excluding carboxylic acids is 1. The number of fused-ring (bicyclic) bond motifs is 1. The minimum atomic E-state index is -0.286. The fourth-order valence-electron chi connectivity index (χ4n) is 2.28. The van der Waals surface area contributed by atoms with Crippen molar-refractivity contribution in [2.45, 2.75) is 13.0 Å². The van der Waals surface area contributed by atoms with Crippen LogP contribution in [-0.2, 0) is 0 Å². The summed E-state index contributed by atoms with van der Waals surface area (Å²) < 4.78 is 5.64. The number of amides is 2. The Labute approximate surface area is 139 Å². The molecule has 0 spiro atoms. The highest BCUT2D eigenvalue weighted by atomic mass is 16.4. The van der Waals surface area contributed by atoms with Gasteiger partial charge in [-0.3, -0.25) is 4.98 Å². The maximum absolute atomic E-state index is 12.2. The molecule has 1 atom stereocenters. The molecule has 0 bridgehead atoms. The average Bonchev–Trinajstić information content (AvgIpc) is 2.99. The van der Waals surface area contributed by atoms with Crippen LogP contribution in [0.5, 0.6) is 0 Å². The summed E-state index contributed by atoms with van der Waals surface area (Å²) in [5, 5.41) is 5.69. The molecule has 0 saturated carbocycles. The van der Waals surface area contributed by atoms with Crippen LogP contribution in [0.2, 0.25) is 0 Å². The van der Waals surface area contributed by atoms with Crippen LogP contribution in [-0.4, -0.2) is 30.1 Å². The number of pyridine rings is 1. The monoisotopic (exact) mass is 325 g/mol. The highest BCUT2D eigenvalue weighted by Crippen LogP contribution is 2.23. The van der Waals surface area contributed by atoms with Crippen LogP contribution in [0, 0.1) is 0 Å². The minimum absolute atomic E-state index is 0.123. The molecular weight excluding hydrogens is 306 g/mol. The number of urea groups is 1. The molecule has 0 radical (unpaired) electrons. The highest BCUT2D eigenvalue weighted by Gasteiger charge is 2.11. The van der Waals surface area contributed by atoms with Crippen LogP contribution in [0.1, 0.15) is 18.5 Å². The number of aromatic nitrogens is 2. The van der Waals surface area contributed by atoms with Crippen LogP contribution < -0.4 is 15.5 Å². The molecule has 3 aromatic rings. The van der Waals surface area contributed by atoms with Gasteiger partial charge in [-0.15, -0.1) is 0 Å². The van der Waals surface area contributed by atoms with E-state index in [1.165, 1.54) is 0 Å². The molecule has 2 N–H and O–H groups in total. The number of hydrogen-bond acceptors (Lipinski definition) is 5.